The lowest BCUT2D eigenvalue weighted by atomic mass is 10.1. The smallest absolute Gasteiger partial charge is 0.223 e. The van der Waals surface area contributed by atoms with E-state index in [4.69, 9.17) is 37.4 Å². The van der Waals surface area contributed by atoms with Gasteiger partial charge in [-0.3, -0.25) is 4.79 Å². The number of carbonyl (C=O) groups is 1. The van der Waals surface area contributed by atoms with Gasteiger partial charge in [0.2, 0.25) is 5.91 Å². The highest BCUT2D eigenvalue weighted by atomic mass is 35.5. The third-order valence-corrected chi connectivity index (χ3v) is 6.05. The van der Waals surface area contributed by atoms with E-state index < -0.39 is 0 Å². The van der Waals surface area contributed by atoms with Crippen molar-refractivity contribution in [2.24, 2.45) is 0 Å². The normalized spacial score (nSPS) is 14.9. The maximum absolute atomic E-state index is 10.9. The zero-order valence-corrected chi connectivity index (χ0v) is 20.6. The van der Waals surface area contributed by atoms with Crippen LogP contribution in [0.3, 0.4) is 0 Å². The lowest BCUT2D eigenvalue weighted by molar-refractivity contribution is -0.121. The molecule has 0 radical (unpaired) electrons. The minimum atomic E-state index is -0.0758. The van der Waals surface area contributed by atoms with Crippen molar-refractivity contribution in [3.05, 3.63) is 52.0 Å². The summed E-state index contributed by atoms with van der Waals surface area (Å²) in [5.74, 6) is 2.23. The summed E-state index contributed by atoms with van der Waals surface area (Å²) in [4.78, 5) is 13.5. The van der Waals surface area contributed by atoms with Crippen LogP contribution in [0, 0.1) is 0 Å². The van der Waals surface area contributed by atoms with Gasteiger partial charge < -0.3 is 24.4 Å². The molecule has 2 aromatic carbocycles. The number of amides is 1. The van der Waals surface area contributed by atoms with Crippen LogP contribution >= 0.6 is 23.2 Å². The van der Waals surface area contributed by atoms with E-state index in [1.54, 1.807) is 25.2 Å². The third-order valence-electron chi connectivity index (χ3n) is 5.50. The Morgan fingerprint density at radius 3 is 2.58 bits per heavy atom. The summed E-state index contributed by atoms with van der Waals surface area (Å²) in [5, 5.41) is 3.53. The summed E-state index contributed by atoms with van der Waals surface area (Å²) in [6.07, 6.45) is 5.42. The Labute approximate surface area is 206 Å². The summed E-state index contributed by atoms with van der Waals surface area (Å²) in [6.45, 7) is 5.43. The summed E-state index contributed by atoms with van der Waals surface area (Å²) < 4.78 is 16.5. The van der Waals surface area contributed by atoms with Crippen LogP contribution in [-0.2, 0) is 11.2 Å². The van der Waals surface area contributed by atoms with Crippen LogP contribution in [0.25, 0.3) is 0 Å². The first kappa shape index (κ1) is 25.5. The number of benzene rings is 2. The second kappa shape index (κ2) is 13.5. The molecule has 0 bridgehead atoms. The Morgan fingerprint density at radius 2 is 1.82 bits per heavy atom. The van der Waals surface area contributed by atoms with E-state index >= 15 is 0 Å². The second-order valence-electron chi connectivity index (χ2n) is 7.98. The second-order valence-corrected chi connectivity index (χ2v) is 8.82. The van der Waals surface area contributed by atoms with Gasteiger partial charge in [0, 0.05) is 18.1 Å². The molecule has 6 nitrogen and oxygen atoms in total. The molecule has 0 aromatic heterocycles. The molecule has 2 aliphatic heterocycles. The number of likely N-dealkylation sites (tertiary alicyclic amines) is 1. The van der Waals surface area contributed by atoms with Gasteiger partial charge in [-0.2, -0.15) is 0 Å². The highest BCUT2D eigenvalue weighted by Gasteiger charge is 2.13. The van der Waals surface area contributed by atoms with Gasteiger partial charge in [0.05, 0.1) is 18.1 Å². The SMILES string of the molecule is CNC(=O)CCOc1cc(Cl)ccc1Cl.c1cc2c(cc1CCCN1CCCC1)OCCO2. The number of hydrogen-bond donors (Lipinski definition) is 1. The largest absolute Gasteiger partial charge is 0.491 e. The van der Waals surface area contributed by atoms with Crippen LogP contribution < -0.4 is 19.5 Å². The standard InChI is InChI=1S/C15H21NO2.C10H11Cl2NO2/c1-2-8-16(7-1)9-3-4-13-5-6-14-15(12-13)18-11-10-17-14;1-13-10(14)4-5-15-9-6-7(11)2-3-8(9)12/h5-6,12H,1-4,7-11H2;2-3,6H,4-5H2,1H3,(H,13,14). The molecule has 1 amide bonds. The van der Waals surface area contributed by atoms with Crippen molar-refractivity contribution in [1.82, 2.24) is 10.2 Å². The molecule has 1 saturated heterocycles. The first-order valence-electron chi connectivity index (χ1n) is 11.4. The molecule has 0 unspecified atom stereocenters. The molecule has 0 atom stereocenters. The maximum Gasteiger partial charge on any atom is 0.223 e. The molecule has 0 spiro atoms. The van der Waals surface area contributed by atoms with Crippen molar-refractivity contribution in [2.75, 3.05) is 46.5 Å². The van der Waals surface area contributed by atoms with Crippen molar-refractivity contribution in [3.63, 3.8) is 0 Å². The topological polar surface area (TPSA) is 60.0 Å². The predicted octanol–water partition coefficient (Wildman–Crippen LogP) is 4.99. The van der Waals surface area contributed by atoms with E-state index in [0.29, 0.717) is 35.4 Å². The number of aryl methyl sites for hydroxylation is 1. The molecule has 0 aliphatic carbocycles. The van der Waals surface area contributed by atoms with Crippen molar-refractivity contribution >= 4 is 29.1 Å². The molecule has 8 heteroatoms. The molecular formula is C25H32Cl2N2O4. The Balaban J connectivity index is 0.000000190. The number of halogens is 2. The van der Waals surface area contributed by atoms with E-state index in [9.17, 15) is 4.79 Å². The quantitative estimate of drug-likeness (QED) is 0.559. The molecule has 2 aromatic rings. The van der Waals surface area contributed by atoms with Gasteiger partial charge in [-0.05, 0) is 75.1 Å². The van der Waals surface area contributed by atoms with Crippen LogP contribution in [0.2, 0.25) is 10.0 Å². The zero-order valence-electron chi connectivity index (χ0n) is 19.1. The Bertz CT molecular complexity index is 904. The van der Waals surface area contributed by atoms with Gasteiger partial charge in [0.1, 0.15) is 19.0 Å². The van der Waals surface area contributed by atoms with Crippen molar-refractivity contribution in [1.29, 1.82) is 0 Å². The highest BCUT2D eigenvalue weighted by molar-refractivity contribution is 6.34. The first-order valence-corrected chi connectivity index (χ1v) is 12.2. The fourth-order valence-electron chi connectivity index (χ4n) is 3.72. The number of rotatable bonds is 8. The molecule has 1 N–H and O–H groups in total. The van der Waals surface area contributed by atoms with E-state index in [2.05, 4.69) is 22.3 Å². The van der Waals surface area contributed by atoms with Crippen molar-refractivity contribution < 1.29 is 19.0 Å². The summed E-state index contributed by atoms with van der Waals surface area (Å²) >= 11 is 11.6. The number of nitrogens with zero attached hydrogens (tertiary/aromatic N) is 1. The Morgan fingerprint density at radius 1 is 1.06 bits per heavy atom. The number of hydrogen-bond acceptors (Lipinski definition) is 5. The Hall–Kier alpha value is -2.15. The van der Waals surface area contributed by atoms with Crippen LogP contribution in [0.4, 0.5) is 0 Å². The molecule has 2 aliphatic rings. The van der Waals surface area contributed by atoms with E-state index in [0.717, 1.165) is 17.9 Å². The van der Waals surface area contributed by atoms with Gasteiger partial charge in [0.15, 0.2) is 11.5 Å². The average Bonchev–Trinajstić information content (AvgIpc) is 3.35. The van der Waals surface area contributed by atoms with Gasteiger partial charge in [-0.1, -0.05) is 29.3 Å². The molecule has 2 heterocycles. The molecule has 1 fully saturated rings. The van der Waals surface area contributed by atoms with Gasteiger partial charge in [-0.15, -0.1) is 0 Å². The summed E-state index contributed by atoms with van der Waals surface area (Å²) in [6, 6.07) is 11.3. The van der Waals surface area contributed by atoms with E-state index in [-0.39, 0.29) is 12.5 Å². The van der Waals surface area contributed by atoms with Crippen molar-refractivity contribution in [3.8, 4) is 17.2 Å². The molecular weight excluding hydrogens is 463 g/mol. The van der Waals surface area contributed by atoms with E-state index in [1.165, 1.54) is 44.5 Å². The Kier molecular flexibility index (Phi) is 10.4. The van der Waals surface area contributed by atoms with Crippen LogP contribution in [-0.4, -0.2) is 57.3 Å². The number of carbonyl (C=O) groups excluding carboxylic acids is 1. The maximum atomic E-state index is 10.9. The highest BCUT2D eigenvalue weighted by Crippen LogP contribution is 2.31. The lowest BCUT2D eigenvalue weighted by Crippen LogP contribution is -2.20. The minimum Gasteiger partial charge on any atom is -0.491 e. The lowest BCUT2D eigenvalue weighted by Gasteiger charge is -2.19. The average molecular weight is 495 g/mol. The van der Waals surface area contributed by atoms with Crippen LogP contribution in [0.15, 0.2) is 36.4 Å². The first-order chi connectivity index (χ1) is 16.0. The molecule has 4 rings (SSSR count). The summed E-state index contributed by atoms with van der Waals surface area (Å²) in [7, 11) is 1.58. The monoisotopic (exact) mass is 494 g/mol. The molecule has 0 saturated carbocycles. The van der Waals surface area contributed by atoms with Crippen LogP contribution in [0.1, 0.15) is 31.2 Å². The molecule has 33 heavy (non-hydrogen) atoms. The fraction of sp³-hybridized carbons (Fsp3) is 0.480. The number of nitrogens with one attached hydrogen (secondary N) is 1. The molecule has 180 valence electrons. The predicted molar refractivity (Wildman–Crippen MR) is 132 cm³/mol. The minimum absolute atomic E-state index is 0.0758. The summed E-state index contributed by atoms with van der Waals surface area (Å²) in [5.41, 5.74) is 1.36. The number of ether oxygens (including phenoxy) is 3. The van der Waals surface area contributed by atoms with Gasteiger partial charge >= 0.3 is 0 Å². The fourth-order valence-corrected chi connectivity index (χ4v) is 4.06. The van der Waals surface area contributed by atoms with Gasteiger partial charge in [0.25, 0.3) is 0 Å². The number of fused-ring (bicyclic) bond motifs is 1. The third kappa shape index (κ3) is 8.61. The zero-order chi connectivity index (χ0) is 23.5. The van der Waals surface area contributed by atoms with Crippen LogP contribution in [0.5, 0.6) is 17.2 Å². The van der Waals surface area contributed by atoms with E-state index in [1.807, 2.05) is 6.07 Å². The van der Waals surface area contributed by atoms with Gasteiger partial charge in [-0.25, -0.2) is 0 Å². The van der Waals surface area contributed by atoms with Crippen molar-refractivity contribution in [2.45, 2.75) is 32.1 Å².